The maximum atomic E-state index is 13.7. The minimum atomic E-state index is -1.23. The number of ether oxygens (including phenoxy) is 2. The Balaban J connectivity index is 1.95. The number of halogens is 1. The second kappa shape index (κ2) is 10.5. The molecule has 0 spiro atoms. The SMILES string of the molecule is CN(Cc1nn(C)c(C#N)c1-c1cnc(N)c(OCc2cc(F)ccc2C(=O)O)c1)C(=O)OC(C)(C)C. The summed E-state index contributed by atoms with van der Waals surface area (Å²) in [5.74, 6) is -1.74. The number of carbonyl (C=O) groups excluding carboxylic acids is 1. The van der Waals surface area contributed by atoms with Crippen LogP contribution in [0.2, 0.25) is 0 Å². The third kappa shape index (κ3) is 6.32. The Kier molecular flexibility index (Phi) is 7.67. The highest BCUT2D eigenvalue weighted by Gasteiger charge is 2.25. The zero-order valence-corrected chi connectivity index (χ0v) is 21.1. The number of benzene rings is 1. The van der Waals surface area contributed by atoms with E-state index in [4.69, 9.17) is 15.2 Å². The number of nitrogens with zero attached hydrogens (tertiary/aromatic N) is 5. The topological polar surface area (TPSA) is 157 Å². The van der Waals surface area contributed by atoms with Crippen LogP contribution >= 0.6 is 0 Å². The number of carboxylic acid groups (broad SMARTS) is 1. The first kappa shape index (κ1) is 26.9. The molecule has 3 N–H and O–H groups in total. The molecule has 1 amide bonds. The fourth-order valence-corrected chi connectivity index (χ4v) is 3.50. The number of anilines is 1. The highest BCUT2D eigenvalue weighted by atomic mass is 19.1. The van der Waals surface area contributed by atoms with E-state index < -0.39 is 23.5 Å². The first-order valence-corrected chi connectivity index (χ1v) is 11.1. The summed E-state index contributed by atoms with van der Waals surface area (Å²) in [6.45, 7) is 5.00. The Labute approximate surface area is 212 Å². The summed E-state index contributed by atoms with van der Waals surface area (Å²) in [5, 5.41) is 23.5. The number of nitrogens with two attached hydrogens (primary N) is 1. The van der Waals surface area contributed by atoms with E-state index in [1.165, 1.54) is 21.8 Å². The van der Waals surface area contributed by atoms with Crippen molar-refractivity contribution in [3.63, 3.8) is 0 Å². The first-order chi connectivity index (χ1) is 17.3. The molecule has 0 saturated heterocycles. The van der Waals surface area contributed by atoms with Crippen molar-refractivity contribution in [3.8, 4) is 22.9 Å². The number of pyridine rings is 1. The molecular formula is C25H27FN6O5. The van der Waals surface area contributed by atoms with Gasteiger partial charge in [0.1, 0.15) is 29.8 Å². The van der Waals surface area contributed by atoms with Crippen LogP contribution in [-0.4, -0.2) is 49.5 Å². The minimum absolute atomic E-state index is 0.00634. The van der Waals surface area contributed by atoms with Crippen LogP contribution in [0.1, 0.15) is 48.1 Å². The number of aromatic nitrogens is 3. The summed E-state index contributed by atoms with van der Waals surface area (Å²) in [7, 11) is 3.14. The number of nitrogen functional groups attached to an aromatic ring is 1. The number of amides is 1. The van der Waals surface area contributed by atoms with Crippen molar-refractivity contribution in [1.82, 2.24) is 19.7 Å². The smallest absolute Gasteiger partial charge is 0.410 e. The lowest BCUT2D eigenvalue weighted by atomic mass is 10.0. The molecule has 0 atom stereocenters. The van der Waals surface area contributed by atoms with Crippen LogP contribution in [0.15, 0.2) is 30.5 Å². The lowest BCUT2D eigenvalue weighted by molar-refractivity contribution is 0.0283. The zero-order chi connectivity index (χ0) is 27.5. The van der Waals surface area contributed by atoms with Gasteiger partial charge in [0.2, 0.25) is 0 Å². The van der Waals surface area contributed by atoms with E-state index in [1.807, 2.05) is 0 Å². The Bertz CT molecular complexity index is 1390. The molecule has 11 nitrogen and oxygen atoms in total. The van der Waals surface area contributed by atoms with Crippen LogP contribution in [0.3, 0.4) is 0 Å². The van der Waals surface area contributed by atoms with Crippen molar-refractivity contribution >= 4 is 17.9 Å². The van der Waals surface area contributed by atoms with E-state index in [0.29, 0.717) is 16.8 Å². The molecule has 194 valence electrons. The number of aromatic carboxylic acids is 1. The van der Waals surface area contributed by atoms with Crippen molar-refractivity contribution in [1.29, 1.82) is 5.26 Å². The van der Waals surface area contributed by atoms with Gasteiger partial charge in [0.05, 0.1) is 17.8 Å². The average molecular weight is 511 g/mol. The number of aryl methyl sites for hydroxylation is 1. The first-order valence-electron chi connectivity index (χ1n) is 11.1. The number of rotatable bonds is 7. The number of nitriles is 1. The molecule has 0 aliphatic rings. The lowest BCUT2D eigenvalue weighted by Crippen LogP contribution is -2.34. The van der Waals surface area contributed by atoms with Crippen molar-refractivity contribution in [3.05, 3.63) is 58.8 Å². The van der Waals surface area contributed by atoms with Gasteiger partial charge in [0.25, 0.3) is 0 Å². The van der Waals surface area contributed by atoms with E-state index in [9.17, 15) is 24.3 Å². The van der Waals surface area contributed by atoms with Crippen molar-refractivity contribution in [2.24, 2.45) is 7.05 Å². The summed E-state index contributed by atoms with van der Waals surface area (Å²) in [6, 6.07) is 6.89. The Hall–Kier alpha value is -4.66. The molecule has 3 rings (SSSR count). The number of hydrogen-bond acceptors (Lipinski definition) is 8. The van der Waals surface area contributed by atoms with Gasteiger partial charge in [-0.15, -0.1) is 0 Å². The quantitative estimate of drug-likeness (QED) is 0.483. The van der Waals surface area contributed by atoms with Gasteiger partial charge in [-0.2, -0.15) is 10.4 Å². The van der Waals surface area contributed by atoms with Crippen molar-refractivity contribution < 1.29 is 28.6 Å². The summed E-state index contributed by atoms with van der Waals surface area (Å²) in [6.07, 6.45) is 0.869. The largest absolute Gasteiger partial charge is 0.485 e. The van der Waals surface area contributed by atoms with Crippen molar-refractivity contribution in [2.45, 2.75) is 39.5 Å². The summed E-state index contributed by atoms with van der Waals surface area (Å²) in [5.41, 5.74) is 6.73. The van der Waals surface area contributed by atoms with E-state index in [-0.39, 0.29) is 41.5 Å². The fraction of sp³-hybridized carbons (Fsp3) is 0.320. The zero-order valence-electron chi connectivity index (χ0n) is 21.1. The van der Waals surface area contributed by atoms with E-state index >= 15 is 0 Å². The van der Waals surface area contributed by atoms with Crippen LogP contribution in [0, 0.1) is 17.1 Å². The third-order valence-electron chi connectivity index (χ3n) is 5.17. The van der Waals surface area contributed by atoms with Gasteiger partial charge in [-0.3, -0.25) is 4.68 Å². The lowest BCUT2D eigenvalue weighted by Gasteiger charge is -2.24. The fourth-order valence-electron chi connectivity index (χ4n) is 3.50. The number of hydrogen-bond donors (Lipinski definition) is 2. The third-order valence-corrected chi connectivity index (χ3v) is 5.17. The van der Waals surface area contributed by atoms with Crippen LogP contribution in [0.4, 0.5) is 15.0 Å². The predicted molar refractivity (Wildman–Crippen MR) is 131 cm³/mol. The van der Waals surface area contributed by atoms with Crippen LogP contribution < -0.4 is 10.5 Å². The molecular weight excluding hydrogens is 483 g/mol. The second-order valence-corrected chi connectivity index (χ2v) is 9.24. The number of carboxylic acids is 1. The van der Waals surface area contributed by atoms with Crippen molar-refractivity contribution in [2.75, 3.05) is 12.8 Å². The Morgan fingerprint density at radius 3 is 2.62 bits per heavy atom. The predicted octanol–water partition coefficient (Wildman–Crippen LogP) is 3.72. The summed E-state index contributed by atoms with van der Waals surface area (Å²) in [4.78, 5) is 29.4. The summed E-state index contributed by atoms with van der Waals surface area (Å²) >= 11 is 0. The molecule has 0 saturated carbocycles. The molecule has 0 aliphatic heterocycles. The van der Waals surface area contributed by atoms with Crippen LogP contribution in [0.5, 0.6) is 5.75 Å². The Morgan fingerprint density at radius 1 is 1.30 bits per heavy atom. The molecule has 1 aromatic carbocycles. The minimum Gasteiger partial charge on any atom is -0.485 e. The maximum Gasteiger partial charge on any atom is 0.410 e. The highest BCUT2D eigenvalue weighted by Crippen LogP contribution is 2.33. The second-order valence-electron chi connectivity index (χ2n) is 9.24. The van der Waals surface area contributed by atoms with Gasteiger partial charge in [-0.25, -0.2) is 19.0 Å². The molecule has 0 fully saturated rings. The normalized spacial score (nSPS) is 11.1. The van der Waals surface area contributed by atoms with E-state index in [2.05, 4.69) is 16.2 Å². The van der Waals surface area contributed by atoms with Gasteiger partial charge >= 0.3 is 12.1 Å². The molecule has 0 aliphatic carbocycles. The van der Waals surface area contributed by atoms with E-state index in [0.717, 1.165) is 18.2 Å². The van der Waals surface area contributed by atoms with Gasteiger partial charge < -0.3 is 25.2 Å². The van der Waals surface area contributed by atoms with Gasteiger partial charge in [-0.05, 0) is 45.0 Å². The molecule has 0 bridgehead atoms. The number of carbonyl (C=O) groups is 2. The maximum absolute atomic E-state index is 13.7. The summed E-state index contributed by atoms with van der Waals surface area (Å²) < 4.78 is 26.2. The van der Waals surface area contributed by atoms with Gasteiger partial charge in [0, 0.05) is 37.0 Å². The molecule has 3 aromatic rings. The monoisotopic (exact) mass is 510 g/mol. The van der Waals surface area contributed by atoms with Gasteiger partial charge in [-0.1, -0.05) is 0 Å². The standard InChI is InChI=1S/C25H27FN6O5/c1-25(2,3)37-24(35)31(4)12-18-21(19(10-27)32(5)30-18)14-9-20(22(28)29-11-14)36-13-15-8-16(26)6-7-17(15)23(33)34/h6-9,11H,12-13H2,1-5H3,(H2,28,29)(H,33,34). The van der Waals surface area contributed by atoms with Gasteiger partial charge in [0.15, 0.2) is 11.6 Å². The average Bonchev–Trinajstić information content (AvgIpc) is 3.11. The van der Waals surface area contributed by atoms with E-state index in [1.54, 1.807) is 34.9 Å². The molecule has 0 radical (unpaired) electrons. The molecule has 37 heavy (non-hydrogen) atoms. The van der Waals surface area contributed by atoms with Crippen LogP contribution in [-0.2, 0) is 24.9 Å². The Morgan fingerprint density at radius 2 is 2.00 bits per heavy atom. The molecule has 2 heterocycles. The highest BCUT2D eigenvalue weighted by molar-refractivity contribution is 5.89. The van der Waals surface area contributed by atoms with Crippen LogP contribution in [0.25, 0.3) is 11.1 Å². The molecule has 2 aromatic heterocycles. The molecule has 0 unspecified atom stereocenters. The molecule has 12 heteroatoms.